The molecule has 0 bridgehead atoms. The van der Waals surface area contributed by atoms with E-state index in [4.69, 9.17) is 0 Å². The lowest BCUT2D eigenvalue weighted by molar-refractivity contribution is 0.788. The van der Waals surface area contributed by atoms with E-state index in [-0.39, 0.29) is 6.04 Å². The zero-order valence-corrected chi connectivity index (χ0v) is 13.1. The molecule has 2 aromatic heterocycles. The fourth-order valence-corrected chi connectivity index (χ4v) is 3.33. The normalized spacial score (nSPS) is 12.3. The van der Waals surface area contributed by atoms with Gasteiger partial charge in [0.25, 0.3) is 0 Å². The Morgan fingerprint density at radius 3 is 2.90 bits per heavy atom. The van der Waals surface area contributed by atoms with Crippen LogP contribution in [0.1, 0.15) is 17.8 Å². The van der Waals surface area contributed by atoms with E-state index in [1.54, 1.807) is 22.3 Å². The summed E-state index contributed by atoms with van der Waals surface area (Å²) >= 11 is 5.22. The van der Waals surface area contributed by atoms with Gasteiger partial charge in [0.15, 0.2) is 0 Å². The van der Waals surface area contributed by atoms with E-state index in [1.807, 2.05) is 24.3 Å². The lowest BCUT2D eigenvalue weighted by Crippen LogP contribution is -2.05. The van der Waals surface area contributed by atoms with E-state index in [0.29, 0.717) is 0 Å². The number of nitrogens with one attached hydrogen (secondary N) is 1. The van der Waals surface area contributed by atoms with Crippen molar-refractivity contribution < 1.29 is 0 Å². The highest BCUT2D eigenvalue weighted by Gasteiger charge is 2.08. The summed E-state index contributed by atoms with van der Waals surface area (Å²) in [5.74, 6) is 0. The van der Waals surface area contributed by atoms with E-state index in [2.05, 4.69) is 55.8 Å². The molecule has 0 radical (unpaired) electrons. The van der Waals surface area contributed by atoms with Gasteiger partial charge in [-0.05, 0) is 63.6 Å². The first-order valence-corrected chi connectivity index (χ1v) is 7.68. The van der Waals surface area contributed by atoms with E-state index in [0.717, 1.165) is 15.2 Å². The maximum absolute atomic E-state index is 3.89. The summed E-state index contributed by atoms with van der Waals surface area (Å²) in [6, 6.07) is 12.4. The molecule has 0 fully saturated rings. The molecule has 0 spiro atoms. The van der Waals surface area contributed by atoms with Gasteiger partial charge in [-0.2, -0.15) is 0 Å². The standard InChI is InChI=1S/C13H12BrN5S/c1-9(12-5-6-13(14)20-12)16-10-3-2-4-11(7-10)19-8-15-17-18-19/h2-9,16H,1H3. The predicted molar refractivity (Wildman–Crippen MR) is 83.2 cm³/mol. The molecule has 1 aromatic carbocycles. The van der Waals surface area contributed by atoms with Gasteiger partial charge in [-0.3, -0.25) is 0 Å². The van der Waals surface area contributed by atoms with Gasteiger partial charge >= 0.3 is 0 Å². The zero-order chi connectivity index (χ0) is 13.9. The highest BCUT2D eigenvalue weighted by atomic mass is 79.9. The minimum absolute atomic E-state index is 0.246. The third-order valence-corrected chi connectivity index (χ3v) is 4.67. The van der Waals surface area contributed by atoms with Crippen molar-refractivity contribution in [3.8, 4) is 5.69 Å². The van der Waals surface area contributed by atoms with Crippen molar-refractivity contribution in [1.29, 1.82) is 0 Å². The van der Waals surface area contributed by atoms with E-state index >= 15 is 0 Å². The molecule has 1 N–H and O–H groups in total. The Balaban J connectivity index is 1.79. The molecule has 2 heterocycles. The molecule has 0 aliphatic heterocycles. The summed E-state index contributed by atoms with van der Waals surface area (Å²) in [5, 5.41) is 14.7. The highest BCUT2D eigenvalue weighted by Crippen LogP contribution is 2.29. The number of benzene rings is 1. The van der Waals surface area contributed by atoms with Gasteiger partial charge in [0, 0.05) is 10.6 Å². The van der Waals surface area contributed by atoms with Crippen molar-refractivity contribution in [2.45, 2.75) is 13.0 Å². The largest absolute Gasteiger partial charge is 0.378 e. The van der Waals surface area contributed by atoms with Gasteiger partial charge in [0.2, 0.25) is 0 Å². The molecule has 0 aliphatic rings. The average molecular weight is 350 g/mol. The number of anilines is 1. The smallest absolute Gasteiger partial charge is 0.143 e. The molecule has 1 atom stereocenters. The van der Waals surface area contributed by atoms with Crippen LogP contribution in [-0.4, -0.2) is 20.2 Å². The monoisotopic (exact) mass is 349 g/mol. The number of thiophene rings is 1. The van der Waals surface area contributed by atoms with Crippen LogP contribution in [0.25, 0.3) is 5.69 Å². The van der Waals surface area contributed by atoms with Gasteiger partial charge in [0.1, 0.15) is 6.33 Å². The average Bonchev–Trinajstić information content (AvgIpc) is 3.10. The first-order valence-electron chi connectivity index (χ1n) is 6.07. The second-order valence-corrected chi connectivity index (χ2v) is 6.81. The van der Waals surface area contributed by atoms with Gasteiger partial charge in [0.05, 0.1) is 15.5 Å². The lowest BCUT2D eigenvalue weighted by atomic mass is 10.2. The molecule has 5 nitrogen and oxygen atoms in total. The van der Waals surface area contributed by atoms with Crippen LogP contribution in [0.2, 0.25) is 0 Å². The Labute approximate surface area is 128 Å². The molecular formula is C13H12BrN5S. The predicted octanol–water partition coefficient (Wildman–Crippen LogP) is 3.66. The van der Waals surface area contributed by atoms with E-state index in [9.17, 15) is 0 Å². The number of hydrogen-bond acceptors (Lipinski definition) is 5. The number of hydrogen-bond donors (Lipinski definition) is 1. The van der Waals surface area contributed by atoms with E-state index in [1.165, 1.54) is 4.88 Å². The molecule has 7 heteroatoms. The molecule has 0 aliphatic carbocycles. The summed E-state index contributed by atoms with van der Waals surface area (Å²) in [6.07, 6.45) is 1.58. The number of aromatic nitrogens is 4. The second-order valence-electron chi connectivity index (χ2n) is 4.31. The number of nitrogens with zero attached hydrogens (tertiary/aromatic N) is 4. The Morgan fingerprint density at radius 2 is 2.20 bits per heavy atom. The van der Waals surface area contributed by atoms with Crippen LogP contribution in [0.4, 0.5) is 5.69 Å². The Kier molecular flexibility index (Phi) is 3.79. The van der Waals surface area contributed by atoms with E-state index < -0.39 is 0 Å². The highest BCUT2D eigenvalue weighted by molar-refractivity contribution is 9.11. The summed E-state index contributed by atoms with van der Waals surface area (Å²) in [5.41, 5.74) is 1.97. The van der Waals surface area contributed by atoms with Crippen molar-refractivity contribution in [2.75, 3.05) is 5.32 Å². The van der Waals surface area contributed by atoms with Crippen molar-refractivity contribution in [3.63, 3.8) is 0 Å². The van der Waals surface area contributed by atoms with Crippen LogP contribution in [-0.2, 0) is 0 Å². The summed E-state index contributed by atoms with van der Waals surface area (Å²) in [7, 11) is 0. The van der Waals surface area contributed by atoms with Crippen molar-refractivity contribution in [2.24, 2.45) is 0 Å². The van der Waals surface area contributed by atoms with Gasteiger partial charge in [-0.25, -0.2) is 4.68 Å². The number of halogens is 1. The molecule has 0 saturated carbocycles. The van der Waals surface area contributed by atoms with Crippen LogP contribution < -0.4 is 5.32 Å². The van der Waals surface area contributed by atoms with Crippen molar-refractivity contribution in [1.82, 2.24) is 20.2 Å². The maximum Gasteiger partial charge on any atom is 0.143 e. The minimum atomic E-state index is 0.246. The van der Waals surface area contributed by atoms with Gasteiger partial charge in [-0.15, -0.1) is 16.4 Å². The first-order chi connectivity index (χ1) is 9.72. The fraction of sp³-hybridized carbons (Fsp3) is 0.154. The number of rotatable bonds is 4. The second kappa shape index (κ2) is 5.72. The minimum Gasteiger partial charge on any atom is -0.378 e. The summed E-state index contributed by atoms with van der Waals surface area (Å²) in [4.78, 5) is 1.28. The summed E-state index contributed by atoms with van der Waals surface area (Å²) in [6.45, 7) is 2.14. The molecule has 20 heavy (non-hydrogen) atoms. The molecule has 3 rings (SSSR count). The Morgan fingerprint density at radius 1 is 1.30 bits per heavy atom. The maximum atomic E-state index is 3.89. The SMILES string of the molecule is CC(Nc1cccc(-n2cnnn2)c1)c1ccc(Br)s1. The van der Waals surface area contributed by atoms with Crippen LogP contribution >= 0.6 is 27.3 Å². The fourth-order valence-electron chi connectivity index (χ4n) is 1.90. The Bertz CT molecular complexity index is 694. The van der Waals surface area contributed by atoms with Crippen LogP contribution in [0, 0.1) is 0 Å². The Hall–Kier alpha value is -1.73. The quantitative estimate of drug-likeness (QED) is 0.780. The molecule has 0 amide bonds. The topological polar surface area (TPSA) is 55.6 Å². The van der Waals surface area contributed by atoms with Crippen LogP contribution in [0.5, 0.6) is 0 Å². The van der Waals surface area contributed by atoms with Gasteiger partial charge in [-0.1, -0.05) is 6.07 Å². The first kappa shape index (κ1) is 13.3. The van der Waals surface area contributed by atoms with Crippen LogP contribution in [0.15, 0.2) is 46.5 Å². The molecular weight excluding hydrogens is 338 g/mol. The number of tetrazole rings is 1. The third-order valence-electron chi connectivity index (χ3n) is 2.86. The molecule has 3 aromatic rings. The zero-order valence-electron chi connectivity index (χ0n) is 10.7. The molecule has 1 unspecified atom stereocenters. The van der Waals surface area contributed by atoms with Crippen molar-refractivity contribution >= 4 is 33.0 Å². The summed E-state index contributed by atoms with van der Waals surface area (Å²) < 4.78 is 2.78. The van der Waals surface area contributed by atoms with Crippen LogP contribution in [0.3, 0.4) is 0 Å². The lowest BCUT2D eigenvalue weighted by Gasteiger charge is -2.14. The molecule has 0 saturated heterocycles. The van der Waals surface area contributed by atoms with Crippen molar-refractivity contribution in [3.05, 3.63) is 51.4 Å². The van der Waals surface area contributed by atoms with Gasteiger partial charge < -0.3 is 5.32 Å². The molecule has 102 valence electrons. The third kappa shape index (κ3) is 2.88.